The van der Waals surface area contributed by atoms with Crippen molar-refractivity contribution in [2.75, 3.05) is 6.61 Å². The van der Waals surface area contributed by atoms with Crippen LogP contribution in [0, 0.1) is 11.3 Å². The summed E-state index contributed by atoms with van der Waals surface area (Å²) in [4.78, 5) is 0. The number of hydrogen-bond donors (Lipinski definition) is 1. The molecule has 0 bridgehead atoms. The first-order valence-corrected chi connectivity index (χ1v) is 4.88. The first-order chi connectivity index (χ1) is 6.80. The number of rotatable bonds is 3. The molecule has 0 spiro atoms. The standard InChI is InChI=1S/C12H13NO/c13-8-5-10-1-3-11(4-2-10)12(9-14)6-7-12/h1-4,14H,5-7,9H2. The van der Waals surface area contributed by atoms with Crippen LogP contribution in [0.5, 0.6) is 0 Å². The maximum Gasteiger partial charge on any atom is 0.0669 e. The Morgan fingerprint density at radius 3 is 2.36 bits per heavy atom. The van der Waals surface area contributed by atoms with Crippen LogP contribution in [-0.2, 0) is 11.8 Å². The van der Waals surface area contributed by atoms with Gasteiger partial charge in [-0.15, -0.1) is 0 Å². The molecule has 1 aliphatic carbocycles. The Morgan fingerprint density at radius 1 is 1.29 bits per heavy atom. The highest BCUT2D eigenvalue weighted by atomic mass is 16.3. The van der Waals surface area contributed by atoms with Crippen molar-refractivity contribution in [3.8, 4) is 6.07 Å². The van der Waals surface area contributed by atoms with Crippen molar-refractivity contribution in [2.45, 2.75) is 24.7 Å². The van der Waals surface area contributed by atoms with E-state index in [1.54, 1.807) is 0 Å². The quantitative estimate of drug-likeness (QED) is 0.783. The van der Waals surface area contributed by atoms with E-state index >= 15 is 0 Å². The molecule has 2 rings (SSSR count). The fourth-order valence-corrected chi connectivity index (χ4v) is 1.76. The van der Waals surface area contributed by atoms with Gasteiger partial charge in [-0.25, -0.2) is 0 Å². The zero-order chi connectivity index (χ0) is 10.0. The average Bonchev–Trinajstić information content (AvgIpc) is 3.00. The van der Waals surface area contributed by atoms with Crippen LogP contribution in [0.1, 0.15) is 24.0 Å². The monoisotopic (exact) mass is 187 g/mol. The van der Waals surface area contributed by atoms with Crippen LogP contribution in [0.3, 0.4) is 0 Å². The Labute approximate surface area is 83.8 Å². The summed E-state index contributed by atoms with van der Waals surface area (Å²) in [6.45, 7) is 0.241. The zero-order valence-corrected chi connectivity index (χ0v) is 8.03. The fraction of sp³-hybridized carbons (Fsp3) is 0.417. The summed E-state index contributed by atoms with van der Waals surface area (Å²) in [6.07, 6.45) is 2.63. The average molecular weight is 187 g/mol. The highest BCUT2D eigenvalue weighted by molar-refractivity contribution is 5.34. The van der Waals surface area contributed by atoms with E-state index < -0.39 is 0 Å². The van der Waals surface area contributed by atoms with Crippen molar-refractivity contribution in [2.24, 2.45) is 0 Å². The van der Waals surface area contributed by atoms with Crippen molar-refractivity contribution >= 4 is 0 Å². The van der Waals surface area contributed by atoms with Gasteiger partial charge in [0.05, 0.1) is 19.1 Å². The smallest absolute Gasteiger partial charge is 0.0669 e. The topological polar surface area (TPSA) is 44.0 Å². The van der Waals surface area contributed by atoms with Gasteiger partial charge in [0.1, 0.15) is 0 Å². The van der Waals surface area contributed by atoms with Gasteiger partial charge in [-0.3, -0.25) is 0 Å². The normalized spacial score (nSPS) is 17.4. The summed E-state index contributed by atoms with van der Waals surface area (Å²) in [5.41, 5.74) is 2.30. The molecule has 0 aliphatic heterocycles. The molecule has 14 heavy (non-hydrogen) atoms. The van der Waals surface area contributed by atoms with E-state index in [0.29, 0.717) is 6.42 Å². The molecule has 1 aromatic carbocycles. The molecule has 0 radical (unpaired) electrons. The van der Waals surface area contributed by atoms with Crippen molar-refractivity contribution in [3.63, 3.8) is 0 Å². The predicted molar refractivity (Wildman–Crippen MR) is 53.8 cm³/mol. The van der Waals surface area contributed by atoms with Crippen molar-refractivity contribution in [3.05, 3.63) is 35.4 Å². The molecular formula is C12H13NO. The van der Waals surface area contributed by atoms with Gasteiger partial charge in [0.2, 0.25) is 0 Å². The summed E-state index contributed by atoms with van der Waals surface area (Å²) in [5.74, 6) is 0. The molecule has 2 heteroatoms. The van der Waals surface area contributed by atoms with Gasteiger partial charge in [-0.1, -0.05) is 24.3 Å². The second kappa shape index (κ2) is 3.43. The second-order valence-corrected chi connectivity index (χ2v) is 3.97. The third-order valence-corrected chi connectivity index (χ3v) is 3.01. The van der Waals surface area contributed by atoms with Crippen LogP contribution in [0.15, 0.2) is 24.3 Å². The molecule has 0 aromatic heterocycles. The first-order valence-electron chi connectivity index (χ1n) is 4.88. The third-order valence-electron chi connectivity index (χ3n) is 3.01. The number of aliphatic hydroxyl groups excluding tert-OH is 1. The van der Waals surface area contributed by atoms with Gasteiger partial charge >= 0.3 is 0 Å². The summed E-state index contributed by atoms with van der Waals surface area (Å²) in [7, 11) is 0. The molecule has 72 valence electrons. The van der Waals surface area contributed by atoms with Crippen molar-refractivity contribution in [1.82, 2.24) is 0 Å². The number of hydrogen-bond acceptors (Lipinski definition) is 2. The third kappa shape index (κ3) is 1.51. The Hall–Kier alpha value is -1.33. The largest absolute Gasteiger partial charge is 0.395 e. The highest BCUT2D eigenvalue weighted by Crippen LogP contribution is 2.47. The van der Waals surface area contributed by atoms with Crippen molar-refractivity contribution in [1.29, 1.82) is 5.26 Å². The number of benzene rings is 1. The van der Waals surface area contributed by atoms with E-state index in [4.69, 9.17) is 5.26 Å². The molecule has 1 aliphatic rings. The van der Waals surface area contributed by atoms with E-state index in [1.807, 2.05) is 24.3 Å². The second-order valence-electron chi connectivity index (χ2n) is 3.97. The maximum absolute atomic E-state index is 9.23. The molecule has 0 amide bonds. The molecule has 1 fully saturated rings. The fourth-order valence-electron chi connectivity index (χ4n) is 1.76. The van der Waals surface area contributed by atoms with E-state index in [0.717, 1.165) is 18.4 Å². The van der Waals surface area contributed by atoms with E-state index in [2.05, 4.69) is 6.07 Å². The Morgan fingerprint density at radius 2 is 1.93 bits per heavy atom. The Balaban J connectivity index is 2.19. The minimum absolute atomic E-state index is 0.0468. The molecule has 0 unspecified atom stereocenters. The maximum atomic E-state index is 9.23. The summed E-state index contributed by atoms with van der Waals surface area (Å²) in [6, 6.07) is 10.2. The molecule has 0 saturated heterocycles. The van der Waals surface area contributed by atoms with Crippen molar-refractivity contribution < 1.29 is 5.11 Å². The predicted octanol–water partition coefficient (Wildman–Crippen LogP) is 1.78. The summed E-state index contributed by atoms with van der Waals surface area (Å²) >= 11 is 0. The SMILES string of the molecule is N#CCc1ccc(C2(CO)CC2)cc1. The lowest BCUT2D eigenvalue weighted by Crippen LogP contribution is -2.11. The molecular weight excluding hydrogens is 174 g/mol. The van der Waals surface area contributed by atoms with Crippen LogP contribution in [-0.4, -0.2) is 11.7 Å². The van der Waals surface area contributed by atoms with Gasteiger partial charge in [0.25, 0.3) is 0 Å². The Bertz CT molecular complexity index is 357. The molecule has 2 nitrogen and oxygen atoms in total. The molecule has 1 N–H and O–H groups in total. The van der Waals surface area contributed by atoms with E-state index in [-0.39, 0.29) is 12.0 Å². The zero-order valence-electron chi connectivity index (χ0n) is 8.03. The lowest BCUT2D eigenvalue weighted by atomic mass is 9.95. The Kier molecular flexibility index (Phi) is 2.26. The minimum Gasteiger partial charge on any atom is -0.395 e. The summed E-state index contributed by atoms with van der Waals surface area (Å²) in [5, 5.41) is 17.7. The highest BCUT2D eigenvalue weighted by Gasteiger charge is 2.43. The number of nitriles is 1. The van der Waals surface area contributed by atoms with Crippen LogP contribution in [0.25, 0.3) is 0 Å². The molecule has 1 saturated carbocycles. The van der Waals surface area contributed by atoms with Gasteiger partial charge < -0.3 is 5.11 Å². The molecule has 1 aromatic rings. The van der Waals surface area contributed by atoms with Gasteiger partial charge in [-0.05, 0) is 24.0 Å². The first kappa shape index (κ1) is 9.23. The number of aliphatic hydroxyl groups is 1. The van der Waals surface area contributed by atoms with Crippen LogP contribution >= 0.6 is 0 Å². The lowest BCUT2D eigenvalue weighted by molar-refractivity contribution is 0.255. The summed E-state index contributed by atoms with van der Waals surface area (Å²) < 4.78 is 0. The molecule has 0 atom stereocenters. The number of nitrogens with zero attached hydrogens (tertiary/aromatic N) is 1. The van der Waals surface area contributed by atoms with Crippen LogP contribution < -0.4 is 0 Å². The van der Waals surface area contributed by atoms with Gasteiger partial charge in [0, 0.05) is 5.41 Å². The molecule has 0 heterocycles. The van der Waals surface area contributed by atoms with Crippen LogP contribution in [0.2, 0.25) is 0 Å². The minimum atomic E-state index is 0.0468. The van der Waals surface area contributed by atoms with E-state index in [1.165, 1.54) is 5.56 Å². The van der Waals surface area contributed by atoms with Gasteiger partial charge in [0.15, 0.2) is 0 Å². The van der Waals surface area contributed by atoms with Crippen LogP contribution in [0.4, 0.5) is 0 Å². The van der Waals surface area contributed by atoms with E-state index in [9.17, 15) is 5.11 Å². The lowest BCUT2D eigenvalue weighted by Gasteiger charge is -2.11. The van der Waals surface area contributed by atoms with Gasteiger partial charge in [-0.2, -0.15) is 5.26 Å².